The van der Waals surface area contributed by atoms with Gasteiger partial charge < -0.3 is 20.2 Å². The highest BCUT2D eigenvalue weighted by Crippen LogP contribution is 2.18. The van der Waals surface area contributed by atoms with Crippen LogP contribution in [0.1, 0.15) is 33.1 Å². The van der Waals surface area contributed by atoms with Gasteiger partial charge in [-0.05, 0) is 25.2 Å². The van der Waals surface area contributed by atoms with E-state index < -0.39 is 0 Å². The van der Waals surface area contributed by atoms with Gasteiger partial charge in [0.15, 0.2) is 0 Å². The Kier molecular flexibility index (Phi) is 6.95. The Hall–Kier alpha value is -1.30. The smallest absolute Gasteiger partial charge is 0.319 e. The van der Waals surface area contributed by atoms with Crippen LogP contribution in [0.2, 0.25) is 0 Å². The van der Waals surface area contributed by atoms with E-state index in [0.29, 0.717) is 19.0 Å². The fourth-order valence-corrected chi connectivity index (χ4v) is 2.71. The Morgan fingerprint density at radius 2 is 2.05 bits per heavy atom. The predicted octanol–water partition coefficient (Wildman–Crippen LogP) is 0.903. The number of rotatable bonds is 5. The van der Waals surface area contributed by atoms with Crippen molar-refractivity contribution in [3.63, 3.8) is 0 Å². The number of hydrogen-bond acceptors (Lipinski definition) is 3. The summed E-state index contributed by atoms with van der Waals surface area (Å²) < 4.78 is 0. The highest BCUT2D eigenvalue weighted by Gasteiger charge is 2.30. The van der Waals surface area contributed by atoms with E-state index in [1.54, 1.807) is 19.0 Å². The Labute approximate surface area is 127 Å². The molecule has 0 saturated carbocycles. The van der Waals surface area contributed by atoms with Gasteiger partial charge in [-0.15, -0.1) is 0 Å². The SMILES string of the molecule is CC(C)CC(CO)NC(=O)C1CCCN(C(=O)N(C)C)C1. The number of amides is 3. The van der Waals surface area contributed by atoms with Gasteiger partial charge in [0.1, 0.15) is 0 Å². The lowest BCUT2D eigenvalue weighted by atomic mass is 9.96. The zero-order valence-electron chi connectivity index (χ0n) is 13.6. The zero-order valence-corrected chi connectivity index (χ0v) is 13.6. The van der Waals surface area contributed by atoms with Gasteiger partial charge in [-0.1, -0.05) is 13.8 Å². The van der Waals surface area contributed by atoms with Crippen molar-refractivity contribution in [2.24, 2.45) is 11.8 Å². The molecule has 1 aliphatic rings. The Morgan fingerprint density at radius 1 is 1.38 bits per heavy atom. The Balaban J connectivity index is 2.55. The standard InChI is InChI=1S/C15H29N3O3/c1-11(2)8-13(10-19)16-14(20)12-6-5-7-18(9-12)15(21)17(3)4/h11-13,19H,5-10H2,1-4H3,(H,16,20). The minimum atomic E-state index is -0.197. The lowest BCUT2D eigenvalue weighted by Crippen LogP contribution is -2.50. The molecule has 0 spiro atoms. The second-order valence-corrected chi connectivity index (χ2v) is 6.48. The minimum absolute atomic E-state index is 0.0447. The van der Waals surface area contributed by atoms with E-state index in [4.69, 9.17) is 0 Å². The molecule has 2 N–H and O–H groups in total. The third kappa shape index (κ3) is 5.53. The van der Waals surface area contributed by atoms with E-state index >= 15 is 0 Å². The van der Waals surface area contributed by atoms with E-state index in [9.17, 15) is 14.7 Å². The van der Waals surface area contributed by atoms with E-state index in [1.807, 2.05) is 0 Å². The molecule has 2 atom stereocenters. The molecule has 6 nitrogen and oxygen atoms in total. The van der Waals surface area contributed by atoms with Crippen LogP contribution in [0.3, 0.4) is 0 Å². The monoisotopic (exact) mass is 299 g/mol. The summed E-state index contributed by atoms with van der Waals surface area (Å²) in [7, 11) is 3.44. The first-order chi connectivity index (χ1) is 9.85. The van der Waals surface area contributed by atoms with Crippen LogP contribution in [0.25, 0.3) is 0 Å². The van der Waals surface area contributed by atoms with Gasteiger partial charge in [0.05, 0.1) is 18.6 Å². The van der Waals surface area contributed by atoms with E-state index in [2.05, 4.69) is 19.2 Å². The van der Waals surface area contributed by atoms with Gasteiger partial charge in [-0.2, -0.15) is 0 Å². The largest absolute Gasteiger partial charge is 0.394 e. The fraction of sp³-hybridized carbons (Fsp3) is 0.867. The van der Waals surface area contributed by atoms with Crippen molar-refractivity contribution >= 4 is 11.9 Å². The van der Waals surface area contributed by atoms with Crippen molar-refractivity contribution in [1.29, 1.82) is 0 Å². The molecule has 1 fully saturated rings. The predicted molar refractivity (Wildman–Crippen MR) is 81.9 cm³/mol. The molecule has 0 radical (unpaired) electrons. The van der Waals surface area contributed by atoms with Crippen LogP contribution in [0, 0.1) is 11.8 Å². The highest BCUT2D eigenvalue weighted by molar-refractivity contribution is 5.81. The molecular weight excluding hydrogens is 270 g/mol. The number of likely N-dealkylation sites (tertiary alicyclic amines) is 1. The number of piperidine rings is 1. The van der Waals surface area contributed by atoms with E-state index in [-0.39, 0.29) is 30.5 Å². The van der Waals surface area contributed by atoms with Gasteiger partial charge >= 0.3 is 6.03 Å². The molecule has 1 saturated heterocycles. The summed E-state index contributed by atoms with van der Waals surface area (Å²) in [4.78, 5) is 27.5. The number of urea groups is 1. The molecular formula is C15H29N3O3. The molecule has 1 aliphatic heterocycles. The summed E-state index contributed by atoms with van der Waals surface area (Å²) in [5, 5.41) is 12.3. The first-order valence-corrected chi connectivity index (χ1v) is 7.72. The average molecular weight is 299 g/mol. The number of carbonyl (C=O) groups excluding carboxylic acids is 2. The number of aliphatic hydroxyl groups excluding tert-OH is 1. The lowest BCUT2D eigenvalue weighted by molar-refractivity contribution is -0.127. The molecule has 122 valence electrons. The fourth-order valence-electron chi connectivity index (χ4n) is 2.71. The summed E-state index contributed by atoms with van der Waals surface area (Å²) in [5.41, 5.74) is 0. The number of carbonyl (C=O) groups is 2. The summed E-state index contributed by atoms with van der Waals surface area (Å²) >= 11 is 0. The molecule has 0 aromatic rings. The maximum Gasteiger partial charge on any atom is 0.319 e. The van der Waals surface area contributed by atoms with Crippen LogP contribution >= 0.6 is 0 Å². The number of nitrogens with zero attached hydrogens (tertiary/aromatic N) is 2. The second-order valence-electron chi connectivity index (χ2n) is 6.48. The maximum atomic E-state index is 12.3. The van der Waals surface area contributed by atoms with Gasteiger partial charge in [-0.25, -0.2) is 4.79 Å². The minimum Gasteiger partial charge on any atom is -0.394 e. The van der Waals surface area contributed by atoms with Crippen molar-refractivity contribution in [3.8, 4) is 0 Å². The molecule has 0 aromatic heterocycles. The topological polar surface area (TPSA) is 72.9 Å². The van der Waals surface area contributed by atoms with Crippen molar-refractivity contribution in [2.45, 2.75) is 39.2 Å². The van der Waals surface area contributed by atoms with Crippen LogP contribution in [0.4, 0.5) is 4.79 Å². The maximum absolute atomic E-state index is 12.3. The van der Waals surface area contributed by atoms with Crippen LogP contribution < -0.4 is 5.32 Å². The molecule has 2 unspecified atom stereocenters. The summed E-state index contributed by atoms with van der Waals surface area (Å²) in [6.45, 7) is 5.25. The van der Waals surface area contributed by atoms with Crippen molar-refractivity contribution in [1.82, 2.24) is 15.1 Å². The van der Waals surface area contributed by atoms with E-state index in [1.165, 1.54) is 4.90 Å². The molecule has 1 heterocycles. The van der Waals surface area contributed by atoms with Crippen LogP contribution in [0.15, 0.2) is 0 Å². The summed E-state index contributed by atoms with van der Waals surface area (Å²) in [6, 6.07) is -0.245. The van der Waals surface area contributed by atoms with Gasteiger partial charge in [0.25, 0.3) is 0 Å². The molecule has 0 bridgehead atoms. The molecule has 0 aromatic carbocycles. The number of nitrogens with one attached hydrogen (secondary N) is 1. The van der Waals surface area contributed by atoms with Gasteiger partial charge in [-0.3, -0.25) is 4.79 Å². The number of hydrogen-bond donors (Lipinski definition) is 2. The molecule has 1 rings (SSSR count). The normalized spacial score (nSPS) is 20.3. The third-order valence-corrected chi connectivity index (χ3v) is 3.77. The van der Waals surface area contributed by atoms with Crippen LogP contribution in [-0.4, -0.2) is 66.7 Å². The van der Waals surface area contributed by atoms with E-state index in [0.717, 1.165) is 19.3 Å². The van der Waals surface area contributed by atoms with Crippen molar-refractivity contribution in [2.75, 3.05) is 33.8 Å². The van der Waals surface area contributed by atoms with Crippen molar-refractivity contribution < 1.29 is 14.7 Å². The Morgan fingerprint density at radius 3 is 2.57 bits per heavy atom. The van der Waals surface area contributed by atoms with Crippen LogP contribution in [-0.2, 0) is 4.79 Å². The number of aliphatic hydroxyl groups is 1. The van der Waals surface area contributed by atoms with Crippen molar-refractivity contribution in [3.05, 3.63) is 0 Å². The van der Waals surface area contributed by atoms with Crippen LogP contribution in [0.5, 0.6) is 0 Å². The Bertz CT molecular complexity index is 358. The third-order valence-electron chi connectivity index (χ3n) is 3.77. The summed E-state index contributed by atoms with van der Waals surface area (Å²) in [6.07, 6.45) is 2.39. The average Bonchev–Trinajstić information content (AvgIpc) is 2.45. The van der Waals surface area contributed by atoms with Gasteiger partial charge in [0.2, 0.25) is 5.91 Å². The molecule has 0 aliphatic carbocycles. The summed E-state index contributed by atoms with van der Waals surface area (Å²) in [5.74, 6) is 0.190. The second kappa shape index (κ2) is 8.22. The molecule has 3 amide bonds. The first kappa shape index (κ1) is 17.8. The molecule has 6 heteroatoms. The highest BCUT2D eigenvalue weighted by atomic mass is 16.3. The molecule has 21 heavy (non-hydrogen) atoms. The quantitative estimate of drug-likeness (QED) is 0.792. The lowest BCUT2D eigenvalue weighted by Gasteiger charge is -2.34. The zero-order chi connectivity index (χ0) is 16.0. The first-order valence-electron chi connectivity index (χ1n) is 7.72. The van der Waals surface area contributed by atoms with Gasteiger partial charge in [0, 0.05) is 27.2 Å².